The number of aliphatic hydroxyl groups excluding tert-OH is 1. The van der Waals surface area contributed by atoms with Gasteiger partial charge in [-0.2, -0.15) is 0 Å². The molecule has 2 aromatic carbocycles. The highest BCUT2D eigenvalue weighted by molar-refractivity contribution is 6.32. The van der Waals surface area contributed by atoms with Crippen molar-refractivity contribution in [3.8, 4) is 11.5 Å². The molecule has 0 aromatic heterocycles. The van der Waals surface area contributed by atoms with Crippen LogP contribution in [-0.2, 0) is 6.42 Å². The second-order valence-electron chi connectivity index (χ2n) is 5.21. The first-order chi connectivity index (χ1) is 10.6. The summed E-state index contributed by atoms with van der Waals surface area (Å²) in [5.41, 5.74) is 1.76. The monoisotopic (exact) mass is 319 g/mol. The molecule has 5 nitrogen and oxygen atoms in total. The Balaban J connectivity index is 1.94. The molecule has 114 valence electrons. The summed E-state index contributed by atoms with van der Waals surface area (Å²) in [6.07, 6.45) is 1.99. The molecule has 0 aliphatic heterocycles. The van der Waals surface area contributed by atoms with Crippen LogP contribution in [0.3, 0.4) is 0 Å². The summed E-state index contributed by atoms with van der Waals surface area (Å²) in [5, 5.41) is 21.0. The van der Waals surface area contributed by atoms with Gasteiger partial charge in [0.25, 0.3) is 5.69 Å². The lowest BCUT2D eigenvalue weighted by molar-refractivity contribution is -0.384. The summed E-state index contributed by atoms with van der Waals surface area (Å²) in [7, 11) is 0. The van der Waals surface area contributed by atoms with E-state index in [9.17, 15) is 15.2 Å². The minimum atomic E-state index is -0.504. The largest absolute Gasteiger partial charge is 0.455 e. The fraction of sp³-hybridized carbons (Fsp3) is 0.250. The van der Waals surface area contributed by atoms with Crippen molar-refractivity contribution in [2.45, 2.75) is 25.4 Å². The molecular weight excluding hydrogens is 306 g/mol. The van der Waals surface area contributed by atoms with Crippen molar-refractivity contribution in [1.29, 1.82) is 0 Å². The Bertz CT molecular complexity index is 732. The lowest BCUT2D eigenvalue weighted by Crippen LogP contribution is -2.10. The number of hydrogen-bond acceptors (Lipinski definition) is 4. The number of fused-ring (bicyclic) bond motifs is 1. The van der Waals surface area contributed by atoms with Crippen molar-refractivity contribution in [2.75, 3.05) is 0 Å². The van der Waals surface area contributed by atoms with Gasteiger partial charge in [0.2, 0.25) is 0 Å². The molecule has 0 fully saturated rings. The van der Waals surface area contributed by atoms with Crippen LogP contribution in [0.1, 0.15) is 30.1 Å². The molecule has 1 atom stereocenters. The van der Waals surface area contributed by atoms with E-state index in [0.29, 0.717) is 11.5 Å². The standard InChI is InChI=1S/C16H14ClNO4/c17-13-9-10(18(20)21)7-8-16(13)22-15-6-2-3-11-12(15)4-1-5-14(11)19/h2-3,6-9,14,19H,1,4-5H2/t14-/m1/s1. The maximum absolute atomic E-state index is 10.7. The van der Waals surface area contributed by atoms with Gasteiger partial charge in [-0.1, -0.05) is 23.7 Å². The number of non-ortho nitro benzene ring substituents is 1. The molecule has 6 heteroatoms. The fourth-order valence-electron chi connectivity index (χ4n) is 2.69. The van der Waals surface area contributed by atoms with Gasteiger partial charge in [0.1, 0.15) is 11.5 Å². The molecule has 0 saturated carbocycles. The molecule has 0 saturated heterocycles. The predicted molar refractivity (Wildman–Crippen MR) is 82.5 cm³/mol. The summed E-state index contributed by atoms with van der Waals surface area (Å²) in [4.78, 5) is 10.2. The Morgan fingerprint density at radius 1 is 1.27 bits per heavy atom. The first-order valence-corrected chi connectivity index (χ1v) is 7.35. The Hall–Kier alpha value is -2.11. The number of aliphatic hydroxyl groups is 1. The Labute approximate surface area is 132 Å². The molecule has 0 radical (unpaired) electrons. The van der Waals surface area contributed by atoms with Crippen molar-refractivity contribution in [3.63, 3.8) is 0 Å². The van der Waals surface area contributed by atoms with Crippen LogP contribution < -0.4 is 4.74 Å². The van der Waals surface area contributed by atoms with Gasteiger partial charge in [-0.3, -0.25) is 10.1 Å². The third-order valence-electron chi connectivity index (χ3n) is 3.78. The minimum Gasteiger partial charge on any atom is -0.455 e. The van der Waals surface area contributed by atoms with Gasteiger partial charge in [0, 0.05) is 17.7 Å². The molecule has 1 aliphatic carbocycles. The van der Waals surface area contributed by atoms with Gasteiger partial charge in [-0.25, -0.2) is 0 Å². The van der Waals surface area contributed by atoms with Crippen LogP contribution in [0.4, 0.5) is 5.69 Å². The Morgan fingerprint density at radius 2 is 2.09 bits per heavy atom. The molecule has 0 heterocycles. The van der Waals surface area contributed by atoms with Gasteiger partial charge in [-0.05, 0) is 37.0 Å². The second-order valence-corrected chi connectivity index (χ2v) is 5.61. The number of rotatable bonds is 3. The number of hydrogen-bond donors (Lipinski definition) is 1. The topological polar surface area (TPSA) is 72.6 Å². The van der Waals surface area contributed by atoms with E-state index in [1.54, 1.807) is 0 Å². The smallest absolute Gasteiger partial charge is 0.271 e. The second kappa shape index (κ2) is 5.94. The summed E-state index contributed by atoms with van der Waals surface area (Å²) in [5.74, 6) is 0.993. The van der Waals surface area contributed by atoms with Crippen LogP contribution in [0.5, 0.6) is 11.5 Å². The maximum atomic E-state index is 10.7. The molecule has 0 unspecified atom stereocenters. The lowest BCUT2D eigenvalue weighted by Gasteiger charge is -2.23. The zero-order valence-electron chi connectivity index (χ0n) is 11.7. The van der Waals surface area contributed by atoms with Gasteiger partial charge in [-0.15, -0.1) is 0 Å². The van der Waals surface area contributed by atoms with Crippen LogP contribution >= 0.6 is 11.6 Å². The summed E-state index contributed by atoms with van der Waals surface area (Å²) >= 11 is 6.06. The molecule has 0 bridgehead atoms. The molecular formula is C16H14ClNO4. The summed E-state index contributed by atoms with van der Waals surface area (Å²) in [6.45, 7) is 0. The number of nitro benzene ring substituents is 1. The lowest BCUT2D eigenvalue weighted by atomic mass is 9.89. The van der Waals surface area contributed by atoms with E-state index in [0.717, 1.165) is 30.4 Å². The molecule has 22 heavy (non-hydrogen) atoms. The summed E-state index contributed by atoms with van der Waals surface area (Å²) < 4.78 is 5.82. The molecule has 0 amide bonds. The van der Waals surface area contributed by atoms with E-state index < -0.39 is 11.0 Å². The van der Waals surface area contributed by atoms with Crippen LogP contribution in [0.15, 0.2) is 36.4 Å². The third kappa shape index (κ3) is 2.77. The van der Waals surface area contributed by atoms with Crippen molar-refractivity contribution >= 4 is 17.3 Å². The Kier molecular flexibility index (Phi) is 4.00. The van der Waals surface area contributed by atoms with Crippen molar-refractivity contribution in [3.05, 3.63) is 62.7 Å². The average Bonchev–Trinajstić information content (AvgIpc) is 2.50. The number of nitrogens with zero attached hydrogens (tertiary/aromatic N) is 1. The predicted octanol–water partition coefficient (Wildman–Crippen LogP) is 4.41. The number of halogens is 1. The van der Waals surface area contributed by atoms with E-state index >= 15 is 0 Å². The quantitative estimate of drug-likeness (QED) is 0.671. The average molecular weight is 320 g/mol. The van der Waals surface area contributed by atoms with Crippen LogP contribution in [-0.4, -0.2) is 10.0 Å². The van der Waals surface area contributed by atoms with E-state index in [1.807, 2.05) is 18.2 Å². The van der Waals surface area contributed by atoms with E-state index in [4.69, 9.17) is 16.3 Å². The number of benzene rings is 2. The highest BCUT2D eigenvalue weighted by Gasteiger charge is 2.21. The van der Waals surface area contributed by atoms with Crippen LogP contribution in [0.2, 0.25) is 5.02 Å². The number of nitro groups is 1. The van der Waals surface area contributed by atoms with Crippen molar-refractivity contribution in [2.24, 2.45) is 0 Å². The highest BCUT2D eigenvalue weighted by Crippen LogP contribution is 2.39. The Morgan fingerprint density at radius 3 is 2.82 bits per heavy atom. The van der Waals surface area contributed by atoms with Crippen LogP contribution in [0, 0.1) is 10.1 Å². The van der Waals surface area contributed by atoms with E-state index in [2.05, 4.69) is 0 Å². The highest BCUT2D eigenvalue weighted by atomic mass is 35.5. The number of ether oxygens (including phenoxy) is 1. The SMILES string of the molecule is O=[N+]([O-])c1ccc(Oc2cccc3c2CCC[C@H]3O)c(Cl)c1. The minimum absolute atomic E-state index is 0.0807. The molecule has 1 aliphatic rings. The van der Waals surface area contributed by atoms with Crippen molar-refractivity contribution in [1.82, 2.24) is 0 Å². The van der Waals surface area contributed by atoms with E-state index in [1.165, 1.54) is 18.2 Å². The molecule has 1 N–H and O–H groups in total. The van der Waals surface area contributed by atoms with Gasteiger partial charge < -0.3 is 9.84 Å². The molecule has 3 rings (SSSR count). The third-order valence-corrected chi connectivity index (χ3v) is 4.07. The molecule has 2 aromatic rings. The maximum Gasteiger partial charge on any atom is 0.271 e. The van der Waals surface area contributed by atoms with Crippen molar-refractivity contribution < 1.29 is 14.8 Å². The van der Waals surface area contributed by atoms with Gasteiger partial charge in [0.15, 0.2) is 0 Å². The first kappa shape index (κ1) is 14.8. The first-order valence-electron chi connectivity index (χ1n) is 6.98. The normalized spacial score (nSPS) is 16.9. The summed E-state index contributed by atoms with van der Waals surface area (Å²) in [6, 6.07) is 9.63. The van der Waals surface area contributed by atoms with Crippen LogP contribution in [0.25, 0.3) is 0 Å². The fourth-order valence-corrected chi connectivity index (χ4v) is 2.90. The van der Waals surface area contributed by atoms with Gasteiger partial charge in [0.05, 0.1) is 16.0 Å². The zero-order valence-corrected chi connectivity index (χ0v) is 12.4. The van der Waals surface area contributed by atoms with Gasteiger partial charge >= 0.3 is 0 Å². The zero-order chi connectivity index (χ0) is 15.7. The molecule has 0 spiro atoms. The van der Waals surface area contributed by atoms with E-state index in [-0.39, 0.29) is 10.7 Å².